The van der Waals surface area contributed by atoms with Crippen LogP contribution in [-0.4, -0.2) is 38.2 Å². The highest BCUT2D eigenvalue weighted by atomic mass is 16.5. The van der Waals surface area contributed by atoms with Gasteiger partial charge in [-0.2, -0.15) is 20.5 Å². The van der Waals surface area contributed by atoms with Gasteiger partial charge in [0.05, 0.1) is 47.0 Å². The maximum atomic E-state index is 12.4. The van der Waals surface area contributed by atoms with E-state index >= 15 is 0 Å². The second-order valence-corrected chi connectivity index (χ2v) is 9.76. The smallest absolute Gasteiger partial charge is 0.338 e. The Kier molecular flexibility index (Phi) is 10.9. The van der Waals surface area contributed by atoms with E-state index in [0.717, 1.165) is 11.4 Å². The van der Waals surface area contributed by atoms with E-state index in [-0.39, 0.29) is 13.2 Å². The molecule has 0 aromatic heterocycles. The Morgan fingerprint density at radius 3 is 1.18 bits per heavy atom. The minimum Gasteiger partial charge on any atom is -0.460 e. The molecule has 0 spiro atoms. The maximum Gasteiger partial charge on any atom is 0.338 e. The van der Waals surface area contributed by atoms with Gasteiger partial charge in [-0.25, -0.2) is 9.59 Å². The zero-order chi connectivity index (χ0) is 31.1. The molecule has 45 heavy (non-hydrogen) atoms. The Labute approximate surface area is 261 Å². The Hall–Kier alpha value is -5.96. The standard InChI is InChI=1S/C36H31N5O4/c42-35(28-10-4-1-5-11-28)44-26-24-41(25-27-45-36(43)29-12-6-2-7-13-29)34-22-20-33(21-23-34)40-39-32-18-16-31(17-19-32)38-37-30-14-8-3-9-15-30/h1-23H,24-27H2. The highest BCUT2D eigenvalue weighted by Crippen LogP contribution is 2.25. The van der Waals surface area contributed by atoms with Gasteiger partial charge in [-0.3, -0.25) is 0 Å². The molecular formula is C36H31N5O4. The predicted molar refractivity (Wildman–Crippen MR) is 173 cm³/mol. The van der Waals surface area contributed by atoms with Crippen molar-refractivity contribution >= 4 is 40.4 Å². The third kappa shape index (κ3) is 9.52. The summed E-state index contributed by atoms with van der Waals surface area (Å²) in [5.74, 6) is -0.789. The fraction of sp³-hybridized carbons (Fsp3) is 0.111. The van der Waals surface area contributed by atoms with Crippen LogP contribution in [-0.2, 0) is 9.47 Å². The zero-order valence-electron chi connectivity index (χ0n) is 24.5. The number of esters is 2. The number of carbonyl (C=O) groups is 2. The number of hydrogen-bond acceptors (Lipinski definition) is 9. The van der Waals surface area contributed by atoms with Crippen molar-refractivity contribution in [3.63, 3.8) is 0 Å². The summed E-state index contributed by atoms with van der Waals surface area (Å²) in [6, 6.07) is 42.0. The van der Waals surface area contributed by atoms with Crippen LogP contribution in [0.1, 0.15) is 20.7 Å². The van der Waals surface area contributed by atoms with Gasteiger partial charge in [-0.1, -0.05) is 54.6 Å². The molecule has 224 valence electrons. The van der Waals surface area contributed by atoms with E-state index in [2.05, 4.69) is 20.5 Å². The first-order chi connectivity index (χ1) is 22.1. The molecular weight excluding hydrogens is 566 g/mol. The molecule has 0 N–H and O–H groups in total. The number of benzene rings is 5. The average molecular weight is 598 g/mol. The van der Waals surface area contributed by atoms with Gasteiger partial charge in [-0.05, 0) is 84.9 Å². The first-order valence-corrected chi connectivity index (χ1v) is 14.4. The molecule has 0 saturated carbocycles. The van der Waals surface area contributed by atoms with Crippen molar-refractivity contribution in [3.05, 3.63) is 151 Å². The highest BCUT2D eigenvalue weighted by molar-refractivity contribution is 5.89. The summed E-state index contributed by atoms with van der Waals surface area (Å²) in [5.41, 5.74) is 4.67. The Balaban J connectivity index is 1.19. The van der Waals surface area contributed by atoms with E-state index < -0.39 is 11.9 Å². The predicted octanol–water partition coefficient (Wildman–Crippen LogP) is 9.04. The molecule has 0 heterocycles. The van der Waals surface area contributed by atoms with Crippen molar-refractivity contribution in [2.45, 2.75) is 0 Å². The fourth-order valence-electron chi connectivity index (χ4n) is 4.22. The number of anilines is 1. The summed E-state index contributed by atoms with van der Waals surface area (Å²) < 4.78 is 11.0. The molecule has 5 rings (SSSR count). The van der Waals surface area contributed by atoms with Crippen LogP contribution in [0.3, 0.4) is 0 Å². The molecule has 5 aromatic carbocycles. The second kappa shape index (κ2) is 16.0. The number of hydrogen-bond donors (Lipinski definition) is 0. The molecule has 0 saturated heterocycles. The number of ether oxygens (including phenoxy) is 2. The number of carbonyl (C=O) groups excluding carboxylic acids is 2. The Morgan fingerprint density at radius 1 is 0.444 bits per heavy atom. The van der Waals surface area contributed by atoms with Crippen LogP contribution in [0.25, 0.3) is 0 Å². The van der Waals surface area contributed by atoms with Crippen molar-refractivity contribution in [2.24, 2.45) is 20.5 Å². The largest absolute Gasteiger partial charge is 0.460 e. The molecule has 0 aliphatic rings. The van der Waals surface area contributed by atoms with Gasteiger partial charge in [0.2, 0.25) is 0 Å². The van der Waals surface area contributed by atoms with Gasteiger partial charge in [0.25, 0.3) is 0 Å². The van der Waals surface area contributed by atoms with E-state index in [1.54, 1.807) is 48.5 Å². The van der Waals surface area contributed by atoms with Gasteiger partial charge in [0, 0.05) is 5.69 Å². The van der Waals surface area contributed by atoms with Crippen LogP contribution < -0.4 is 4.90 Å². The molecule has 0 amide bonds. The van der Waals surface area contributed by atoms with Crippen molar-refractivity contribution in [3.8, 4) is 0 Å². The van der Waals surface area contributed by atoms with Crippen LogP contribution in [0.2, 0.25) is 0 Å². The summed E-state index contributed by atoms with van der Waals surface area (Å²) in [7, 11) is 0. The molecule has 0 radical (unpaired) electrons. The number of nitrogens with zero attached hydrogens (tertiary/aromatic N) is 5. The monoisotopic (exact) mass is 597 g/mol. The molecule has 0 fully saturated rings. The SMILES string of the molecule is O=C(OCCN(CCOC(=O)c1ccccc1)c1ccc(N=Nc2ccc(N=Nc3ccccc3)cc2)cc1)c1ccccc1. The van der Waals surface area contributed by atoms with Crippen LogP contribution in [0.5, 0.6) is 0 Å². The molecule has 5 aromatic rings. The van der Waals surface area contributed by atoms with Gasteiger partial charge >= 0.3 is 11.9 Å². The molecule has 0 aliphatic carbocycles. The molecule has 9 nitrogen and oxygen atoms in total. The molecule has 0 unspecified atom stereocenters. The van der Waals surface area contributed by atoms with Gasteiger partial charge < -0.3 is 14.4 Å². The number of azo groups is 2. The molecule has 9 heteroatoms. The highest BCUT2D eigenvalue weighted by Gasteiger charge is 2.12. The quantitative estimate of drug-likeness (QED) is 0.0994. The van der Waals surface area contributed by atoms with E-state index in [0.29, 0.717) is 41.3 Å². The lowest BCUT2D eigenvalue weighted by Gasteiger charge is -2.24. The summed E-state index contributed by atoms with van der Waals surface area (Å²) in [4.78, 5) is 26.8. The van der Waals surface area contributed by atoms with E-state index in [1.807, 2.05) is 95.9 Å². The van der Waals surface area contributed by atoms with Gasteiger partial charge in [0.1, 0.15) is 13.2 Å². The molecule has 0 atom stereocenters. The summed E-state index contributed by atoms with van der Waals surface area (Å²) in [5, 5.41) is 17.2. The van der Waals surface area contributed by atoms with Gasteiger partial charge in [-0.15, -0.1) is 0 Å². The second-order valence-electron chi connectivity index (χ2n) is 9.76. The third-order valence-corrected chi connectivity index (χ3v) is 6.59. The minimum atomic E-state index is -0.394. The van der Waals surface area contributed by atoms with Gasteiger partial charge in [0.15, 0.2) is 0 Å². The first-order valence-electron chi connectivity index (χ1n) is 14.4. The maximum absolute atomic E-state index is 12.4. The Morgan fingerprint density at radius 2 is 0.778 bits per heavy atom. The minimum absolute atomic E-state index is 0.155. The topological polar surface area (TPSA) is 105 Å². The first kappa shape index (κ1) is 30.5. The van der Waals surface area contributed by atoms with E-state index in [9.17, 15) is 9.59 Å². The van der Waals surface area contributed by atoms with Crippen molar-refractivity contribution < 1.29 is 19.1 Å². The summed E-state index contributed by atoms with van der Waals surface area (Å²) >= 11 is 0. The Bertz CT molecular complexity index is 1650. The van der Waals surface area contributed by atoms with Crippen LogP contribution in [0.4, 0.5) is 28.4 Å². The number of rotatable bonds is 13. The molecule has 0 bridgehead atoms. The summed E-state index contributed by atoms with van der Waals surface area (Å²) in [6.07, 6.45) is 0. The van der Waals surface area contributed by atoms with Crippen molar-refractivity contribution in [1.82, 2.24) is 0 Å². The third-order valence-electron chi connectivity index (χ3n) is 6.59. The van der Waals surface area contributed by atoms with Crippen molar-refractivity contribution in [2.75, 3.05) is 31.2 Å². The lowest BCUT2D eigenvalue weighted by Crippen LogP contribution is -2.32. The van der Waals surface area contributed by atoms with E-state index in [1.165, 1.54) is 0 Å². The fourth-order valence-corrected chi connectivity index (χ4v) is 4.22. The van der Waals surface area contributed by atoms with E-state index in [4.69, 9.17) is 9.47 Å². The van der Waals surface area contributed by atoms with Crippen LogP contribution in [0, 0.1) is 0 Å². The van der Waals surface area contributed by atoms with Crippen LogP contribution in [0.15, 0.2) is 160 Å². The van der Waals surface area contributed by atoms with Crippen LogP contribution >= 0.6 is 0 Å². The lowest BCUT2D eigenvalue weighted by atomic mass is 10.2. The zero-order valence-corrected chi connectivity index (χ0v) is 24.5. The molecule has 0 aliphatic heterocycles. The normalized spacial score (nSPS) is 11.0. The van der Waals surface area contributed by atoms with Crippen molar-refractivity contribution in [1.29, 1.82) is 0 Å². The average Bonchev–Trinajstić information content (AvgIpc) is 3.11. The summed E-state index contributed by atoms with van der Waals surface area (Å²) in [6.45, 7) is 1.11. The lowest BCUT2D eigenvalue weighted by molar-refractivity contribution is 0.0504.